The van der Waals surface area contributed by atoms with Gasteiger partial charge in [-0.3, -0.25) is 0 Å². The van der Waals surface area contributed by atoms with E-state index in [1.165, 1.54) is 0 Å². The largest absolute Gasteiger partial charge is 0.399 e. The predicted octanol–water partition coefficient (Wildman–Crippen LogP) is 1.78. The summed E-state index contributed by atoms with van der Waals surface area (Å²) in [6.07, 6.45) is 0.876. The summed E-state index contributed by atoms with van der Waals surface area (Å²) < 4.78 is 15.6. The summed E-state index contributed by atoms with van der Waals surface area (Å²) >= 11 is 0. The maximum Gasteiger partial charge on any atom is 0.185 e. The Hall–Kier alpha value is -1.98. The quantitative estimate of drug-likeness (QED) is 0.823. The third-order valence-corrected chi connectivity index (χ3v) is 2.49. The SMILES string of the molecule is CCCn1nnnc1-c1cc(N)cc(C)c1F. The van der Waals surface area contributed by atoms with E-state index in [-0.39, 0.29) is 5.82 Å². The lowest BCUT2D eigenvalue weighted by Crippen LogP contribution is -2.04. The molecule has 0 aliphatic heterocycles. The van der Waals surface area contributed by atoms with Crippen LogP contribution in [0, 0.1) is 12.7 Å². The van der Waals surface area contributed by atoms with E-state index < -0.39 is 0 Å². The summed E-state index contributed by atoms with van der Waals surface area (Å²) in [6.45, 7) is 4.32. The third kappa shape index (κ3) is 2.11. The van der Waals surface area contributed by atoms with E-state index in [2.05, 4.69) is 15.5 Å². The van der Waals surface area contributed by atoms with Crippen molar-refractivity contribution in [1.29, 1.82) is 0 Å². The number of hydrogen-bond acceptors (Lipinski definition) is 4. The van der Waals surface area contributed by atoms with Crippen molar-refractivity contribution in [3.05, 3.63) is 23.5 Å². The molecule has 0 atom stereocenters. The molecule has 1 aromatic heterocycles. The average Bonchev–Trinajstić information content (AvgIpc) is 2.72. The monoisotopic (exact) mass is 235 g/mol. The molecular weight excluding hydrogens is 221 g/mol. The maximum absolute atomic E-state index is 14.0. The molecule has 0 saturated heterocycles. The first-order valence-corrected chi connectivity index (χ1v) is 5.45. The number of benzene rings is 1. The van der Waals surface area contributed by atoms with E-state index in [0.717, 1.165) is 6.42 Å². The van der Waals surface area contributed by atoms with Gasteiger partial charge in [0.05, 0.1) is 5.56 Å². The zero-order valence-corrected chi connectivity index (χ0v) is 9.81. The van der Waals surface area contributed by atoms with E-state index in [4.69, 9.17) is 5.73 Å². The standard InChI is InChI=1S/C11H14FN5/c1-3-4-17-11(14-15-16-17)9-6-8(13)5-7(2)10(9)12/h5-6H,3-4,13H2,1-2H3. The second-order valence-corrected chi connectivity index (χ2v) is 3.92. The van der Waals surface area contributed by atoms with Gasteiger partial charge in [-0.25, -0.2) is 9.07 Å². The van der Waals surface area contributed by atoms with E-state index in [9.17, 15) is 4.39 Å². The molecule has 0 saturated carbocycles. The Balaban J connectivity index is 2.56. The van der Waals surface area contributed by atoms with Crippen molar-refractivity contribution >= 4 is 5.69 Å². The zero-order valence-electron chi connectivity index (χ0n) is 9.81. The molecule has 1 aromatic carbocycles. The Kier molecular flexibility index (Phi) is 3.03. The minimum atomic E-state index is -0.327. The van der Waals surface area contributed by atoms with Gasteiger partial charge in [-0.15, -0.1) is 5.10 Å². The molecule has 90 valence electrons. The number of nitrogens with two attached hydrogens (primary N) is 1. The van der Waals surface area contributed by atoms with Crippen molar-refractivity contribution in [2.75, 3.05) is 5.73 Å². The van der Waals surface area contributed by atoms with Crippen LogP contribution in [0.2, 0.25) is 0 Å². The number of hydrogen-bond donors (Lipinski definition) is 1. The van der Waals surface area contributed by atoms with Gasteiger partial charge in [-0.2, -0.15) is 0 Å². The second-order valence-electron chi connectivity index (χ2n) is 3.92. The fourth-order valence-electron chi connectivity index (χ4n) is 1.72. The minimum Gasteiger partial charge on any atom is -0.399 e. The van der Waals surface area contributed by atoms with Gasteiger partial charge >= 0.3 is 0 Å². The molecule has 6 heteroatoms. The van der Waals surface area contributed by atoms with Crippen molar-refractivity contribution in [3.63, 3.8) is 0 Å². The predicted molar refractivity (Wildman–Crippen MR) is 62.7 cm³/mol. The molecule has 0 bridgehead atoms. The number of halogens is 1. The summed E-state index contributed by atoms with van der Waals surface area (Å²) in [4.78, 5) is 0. The minimum absolute atomic E-state index is 0.327. The summed E-state index contributed by atoms with van der Waals surface area (Å²) in [6, 6.07) is 3.15. The van der Waals surface area contributed by atoms with E-state index >= 15 is 0 Å². The summed E-state index contributed by atoms with van der Waals surface area (Å²) in [5.74, 6) is 0.0890. The van der Waals surface area contributed by atoms with E-state index in [0.29, 0.717) is 29.2 Å². The van der Waals surface area contributed by atoms with Crippen molar-refractivity contribution in [1.82, 2.24) is 20.2 Å². The lowest BCUT2D eigenvalue weighted by molar-refractivity contribution is 0.577. The molecule has 0 radical (unpaired) electrons. The molecule has 2 aromatic rings. The van der Waals surface area contributed by atoms with Crippen LogP contribution in [-0.2, 0) is 6.54 Å². The molecular formula is C11H14FN5. The van der Waals surface area contributed by atoms with E-state index in [1.54, 1.807) is 23.7 Å². The number of aromatic nitrogens is 4. The molecule has 0 spiro atoms. The Morgan fingerprint density at radius 3 is 2.88 bits per heavy atom. The van der Waals surface area contributed by atoms with Gasteiger partial charge < -0.3 is 5.73 Å². The van der Waals surface area contributed by atoms with Gasteiger partial charge in [0.15, 0.2) is 5.82 Å². The van der Waals surface area contributed by atoms with Crippen LogP contribution in [0.15, 0.2) is 12.1 Å². The van der Waals surface area contributed by atoms with E-state index in [1.807, 2.05) is 6.92 Å². The molecule has 1 heterocycles. The fourth-order valence-corrected chi connectivity index (χ4v) is 1.72. The lowest BCUT2D eigenvalue weighted by atomic mass is 10.1. The summed E-state index contributed by atoms with van der Waals surface area (Å²) in [5, 5.41) is 11.3. The molecule has 2 rings (SSSR count). The molecule has 0 fully saturated rings. The highest BCUT2D eigenvalue weighted by molar-refractivity contribution is 5.63. The van der Waals surface area contributed by atoms with Gasteiger partial charge in [0.2, 0.25) is 0 Å². The number of aryl methyl sites for hydroxylation is 2. The van der Waals surface area contributed by atoms with Gasteiger partial charge in [0.1, 0.15) is 5.82 Å². The highest BCUT2D eigenvalue weighted by atomic mass is 19.1. The van der Waals surface area contributed by atoms with Gasteiger partial charge in [-0.05, 0) is 41.5 Å². The number of tetrazole rings is 1. The van der Waals surface area contributed by atoms with Gasteiger partial charge in [-0.1, -0.05) is 6.92 Å². The first-order valence-electron chi connectivity index (χ1n) is 5.45. The van der Waals surface area contributed by atoms with Crippen molar-refractivity contribution < 1.29 is 4.39 Å². The molecule has 17 heavy (non-hydrogen) atoms. The van der Waals surface area contributed by atoms with Crippen molar-refractivity contribution in [2.24, 2.45) is 0 Å². The Bertz CT molecular complexity index is 535. The molecule has 0 amide bonds. The van der Waals surface area contributed by atoms with Crippen molar-refractivity contribution in [2.45, 2.75) is 26.8 Å². The molecule has 0 aliphatic carbocycles. The van der Waals surface area contributed by atoms with Crippen LogP contribution < -0.4 is 5.73 Å². The number of nitrogen functional groups attached to an aromatic ring is 1. The smallest absolute Gasteiger partial charge is 0.185 e. The Labute approximate surface area is 98.4 Å². The second kappa shape index (κ2) is 4.48. The number of nitrogens with zero attached hydrogens (tertiary/aromatic N) is 4. The topological polar surface area (TPSA) is 69.6 Å². The van der Waals surface area contributed by atoms with Gasteiger partial charge in [0, 0.05) is 12.2 Å². The van der Waals surface area contributed by atoms with Crippen LogP contribution in [0.5, 0.6) is 0 Å². The normalized spacial score (nSPS) is 10.8. The first kappa shape index (κ1) is 11.5. The zero-order chi connectivity index (χ0) is 12.4. The molecule has 5 nitrogen and oxygen atoms in total. The third-order valence-electron chi connectivity index (χ3n) is 2.49. The Morgan fingerprint density at radius 2 is 2.18 bits per heavy atom. The Morgan fingerprint density at radius 1 is 1.41 bits per heavy atom. The first-order chi connectivity index (χ1) is 8.13. The van der Waals surface area contributed by atoms with Crippen molar-refractivity contribution in [3.8, 4) is 11.4 Å². The highest BCUT2D eigenvalue weighted by Crippen LogP contribution is 2.25. The molecule has 0 unspecified atom stereocenters. The van der Waals surface area contributed by atoms with Crippen LogP contribution >= 0.6 is 0 Å². The highest BCUT2D eigenvalue weighted by Gasteiger charge is 2.15. The van der Waals surface area contributed by atoms with Crippen LogP contribution in [-0.4, -0.2) is 20.2 Å². The molecule has 2 N–H and O–H groups in total. The van der Waals surface area contributed by atoms with Crippen LogP contribution in [0.1, 0.15) is 18.9 Å². The van der Waals surface area contributed by atoms with Crippen LogP contribution in [0.4, 0.5) is 10.1 Å². The average molecular weight is 235 g/mol. The molecule has 0 aliphatic rings. The lowest BCUT2D eigenvalue weighted by Gasteiger charge is -2.07. The van der Waals surface area contributed by atoms with Crippen LogP contribution in [0.3, 0.4) is 0 Å². The van der Waals surface area contributed by atoms with Gasteiger partial charge in [0.25, 0.3) is 0 Å². The summed E-state index contributed by atoms with van der Waals surface area (Å²) in [5.41, 5.74) is 7.06. The number of rotatable bonds is 3. The van der Waals surface area contributed by atoms with Crippen LogP contribution in [0.25, 0.3) is 11.4 Å². The summed E-state index contributed by atoms with van der Waals surface area (Å²) in [7, 11) is 0. The maximum atomic E-state index is 14.0. The number of anilines is 1. The fraction of sp³-hybridized carbons (Fsp3) is 0.364.